The number of nitrogens with zero attached hydrogens (tertiary/aromatic N) is 6. The molecule has 1 aromatic carbocycles. The van der Waals surface area contributed by atoms with Crippen molar-refractivity contribution in [2.24, 2.45) is 13.0 Å². The van der Waals surface area contributed by atoms with Gasteiger partial charge in [0.05, 0.1) is 29.1 Å². The molecule has 11 heteroatoms. The Hall–Kier alpha value is -3.73. The first-order valence-electron chi connectivity index (χ1n) is 12.7. The Labute approximate surface area is 222 Å². The van der Waals surface area contributed by atoms with Gasteiger partial charge in [-0.2, -0.15) is 10.2 Å². The maximum Gasteiger partial charge on any atom is 0.332 e. The van der Waals surface area contributed by atoms with Crippen LogP contribution in [-0.2, 0) is 37.4 Å². The summed E-state index contributed by atoms with van der Waals surface area (Å²) in [5.74, 6) is 0.405. The molecule has 0 radical (unpaired) electrons. The van der Waals surface area contributed by atoms with Crippen molar-refractivity contribution in [3.8, 4) is 0 Å². The number of allylic oxidation sites excluding steroid dienone is 1. The molecule has 200 valence electrons. The van der Waals surface area contributed by atoms with Gasteiger partial charge in [0.2, 0.25) is 0 Å². The average Bonchev–Trinajstić information content (AvgIpc) is 3.52. The fourth-order valence-corrected chi connectivity index (χ4v) is 4.99. The summed E-state index contributed by atoms with van der Waals surface area (Å²) in [4.78, 5) is 29.1. The molecule has 1 N–H and O–H groups in total. The van der Waals surface area contributed by atoms with Gasteiger partial charge in [-0.15, -0.1) is 0 Å². The van der Waals surface area contributed by atoms with Crippen LogP contribution >= 0.6 is 0 Å². The molecule has 0 spiro atoms. The summed E-state index contributed by atoms with van der Waals surface area (Å²) in [6.45, 7) is 8.99. The highest BCUT2D eigenvalue weighted by Crippen LogP contribution is 2.32. The Balaban J connectivity index is 1.74. The second kappa shape index (κ2) is 9.86. The van der Waals surface area contributed by atoms with Crippen LogP contribution in [0.15, 0.2) is 45.5 Å². The Morgan fingerprint density at radius 2 is 2.05 bits per heavy atom. The third kappa shape index (κ3) is 4.55. The number of nitrogens with one attached hydrogen (secondary N) is 1. The highest BCUT2D eigenvalue weighted by molar-refractivity contribution is 7.88. The van der Waals surface area contributed by atoms with Gasteiger partial charge in [0.15, 0.2) is 5.65 Å². The lowest BCUT2D eigenvalue weighted by molar-refractivity contribution is 0.570. The molecule has 1 fully saturated rings. The lowest BCUT2D eigenvalue weighted by Gasteiger charge is -2.19. The normalized spacial score (nSPS) is 14.9. The van der Waals surface area contributed by atoms with E-state index in [2.05, 4.69) is 35.8 Å². The van der Waals surface area contributed by atoms with Crippen molar-refractivity contribution in [3.63, 3.8) is 0 Å². The first-order chi connectivity index (χ1) is 18.1. The van der Waals surface area contributed by atoms with Crippen LogP contribution in [0, 0.1) is 5.92 Å². The molecule has 0 aliphatic heterocycles. The summed E-state index contributed by atoms with van der Waals surface area (Å²) >= 11 is 0. The maximum atomic E-state index is 13.5. The lowest BCUT2D eigenvalue weighted by Crippen LogP contribution is -2.38. The number of H-pyrrole nitrogens is 1. The van der Waals surface area contributed by atoms with Gasteiger partial charge in [-0.3, -0.25) is 27.9 Å². The van der Waals surface area contributed by atoms with Gasteiger partial charge in [-0.1, -0.05) is 19.6 Å². The summed E-state index contributed by atoms with van der Waals surface area (Å²) in [6.07, 6.45) is 6.36. The second-order valence-corrected chi connectivity index (χ2v) is 11.6. The van der Waals surface area contributed by atoms with Crippen molar-refractivity contribution in [2.45, 2.75) is 46.2 Å². The number of hydrogen-bond acceptors (Lipinski definition) is 6. The van der Waals surface area contributed by atoms with Crippen molar-refractivity contribution in [2.75, 3.05) is 13.3 Å². The van der Waals surface area contributed by atoms with E-state index in [4.69, 9.17) is 5.10 Å². The van der Waals surface area contributed by atoms with Crippen LogP contribution < -0.4 is 11.2 Å². The Kier molecular flexibility index (Phi) is 6.72. The third-order valence-corrected chi connectivity index (χ3v) is 8.32. The zero-order chi connectivity index (χ0) is 27.3. The van der Waals surface area contributed by atoms with E-state index in [-0.39, 0.29) is 5.69 Å². The molecule has 3 heterocycles. The number of rotatable bonds is 9. The predicted octanol–water partition coefficient (Wildman–Crippen LogP) is 2.94. The van der Waals surface area contributed by atoms with Crippen LogP contribution in [0.3, 0.4) is 0 Å². The van der Waals surface area contributed by atoms with Crippen LogP contribution in [-0.4, -0.2) is 51.5 Å². The molecule has 1 atom stereocenters. The molecule has 0 saturated heterocycles. The van der Waals surface area contributed by atoms with E-state index < -0.39 is 16.4 Å². The van der Waals surface area contributed by atoms with E-state index in [0.29, 0.717) is 46.3 Å². The smallest absolute Gasteiger partial charge is 0.332 e. The topological polar surface area (TPSA) is 111 Å². The summed E-state index contributed by atoms with van der Waals surface area (Å²) < 4.78 is 16.5. The van der Waals surface area contributed by atoms with Crippen molar-refractivity contribution in [1.82, 2.24) is 34.0 Å². The van der Waals surface area contributed by atoms with Gasteiger partial charge in [0.25, 0.3) is 5.56 Å². The van der Waals surface area contributed by atoms with Crippen LogP contribution in [0.4, 0.5) is 0 Å². The van der Waals surface area contributed by atoms with Crippen LogP contribution in [0.2, 0.25) is 0 Å². The summed E-state index contributed by atoms with van der Waals surface area (Å²) in [5.41, 5.74) is 3.45. The van der Waals surface area contributed by atoms with E-state index in [1.165, 1.54) is 12.6 Å². The number of aromatic nitrogens is 6. The zero-order valence-corrected chi connectivity index (χ0v) is 23.3. The minimum Gasteiger partial charge on any atom is -0.349 e. The number of hydrogen-bond donors (Lipinski definition) is 1. The monoisotopic (exact) mass is 535 g/mol. The molecule has 38 heavy (non-hydrogen) atoms. The van der Waals surface area contributed by atoms with Gasteiger partial charge in [-0.05, 0) is 49.8 Å². The molecule has 0 bridgehead atoms. The standard InChI is InChI=1S/C27H33N7O3S/c1-7-18-10-11-21-20(12-18)22(29-28-21)15-34-24(17(3)31(4)13-16(2)38(6)37)23-25(30-34)33(14-19-8-9-19)27(36)32(5)26(23)35/h10-13,19H,3,7-9,14-15H2,1-2,4-6H3,(H,28,29)/b16-13+. The van der Waals surface area contributed by atoms with Crippen molar-refractivity contribution < 1.29 is 4.21 Å². The van der Waals surface area contributed by atoms with Crippen molar-refractivity contribution >= 4 is 38.4 Å². The first-order valence-corrected chi connectivity index (χ1v) is 14.3. The Morgan fingerprint density at radius 1 is 1.32 bits per heavy atom. The molecule has 4 aromatic rings. The summed E-state index contributed by atoms with van der Waals surface area (Å²) in [5, 5.41) is 13.8. The second-order valence-electron chi connectivity index (χ2n) is 10.1. The average molecular weight is 536 g/mol. The molecule has 10 nitrogen and oxygen atoms in total. The van der Waals surface area contributed by atoms with Gasteiger partial charge in [-0.25, -0.2) is 4.79 Å². The van der Waals surface area contributed by atoms with Crippen LogP contribution in [0.25, 0.3) is 27.6 Å². The Morgan fingerprint density at radius 3 is 2.71 bits per heavy atom. The quantitative estimate of drug-likeness (QED) is 0.353. The maximum absolute atomic E-state index is 13.5. The van der Waals surface area contributed by atoms with Crippen LogP contribution in [0.5, 0.6) is 0 Å². The fraction of sp³-hybridized carbons (Fsp3) is 0.407. The van der Waals surface area contributed by atoms with E-state index in [0.717, 1.165) is 40.4 Å². The molecule has 1 aliphatic rings. The molecule has 3 aromatic heterocycles. The third-order valence-electron chi connectivity index (χ3n) is 7.31. The highest BCUT2D eigenvalue weighted by Gasteiger charge is 2.28. The molecular formula is C27H33N7O3S. The number of aryl methyl sites for hydroxylation is 1. The summed E-state index contributed by atoms with van der Waals surface area (Å²) in [6, 6.07) is 6.16. The van der Waals surface area contributed by atoms with Gasteiger partial charge in [0, 0.05) is 54.2 Å². The molecule has 1 unspecified atom stereocenters. The van der Waals surface area contributed by atoms with Crippen LogP contribution in [0.1, 0.15) is 43.6 Å². The predicted molar refractivity (Wildman–Crippen MR) is 151 cm³/mol. The van der Waals surface area contributed by atoms with Gasteiger partial charge >= 0.3 is 5.69 Å². The van der Waals surface area contributed by atoms with Gasteiger partial charge < -0.3 is 4.90 Å². The van der Waals surface area contributed by atoms with Crippen molar-refractivity contribution in [3.05, 3.63) is 73.7 Å². The molecule has 1 aliphatic carbocycles. The van der Waals surface area contributed by atoms with E-state index >= 15 is 0 Å². The zero-order valence-electron chi connectivity index (χ0n) is 22.4. The molecule has 1 saturated carbocycles. The molecule has 5 rings (SSSR count). The SMILES string of the molecule is C=C(c1c2c(=O)n(C)c(=O)n(CC3CC3)c2nn1Cc1[nH]nc2ccc(CC)cc12)N(C)/C=C(\C)S(C)=O. The van der Waals surface area contributed by atoms with Gasteiger partial charge in [0.1, 0.15) is 5.39 Å². The van der Waals surface area contributed by atoms with Crippen molar-refractivity contribution in [1.29, 1.82) is 0 Å². The minimum atomic E-state index is -1.16. The van der Waals surface area contributed by atoms with E-state index in [9.17, 15) is 13.8 Å². The van der Waals surface area contributed by atoms with E-state index in [1.54, 1.807) is 40.6 Å². The largest absolute Gasteiger partial charge is 0.349 e. The minimum absolute atomic E-state index is 0.295. The van der Waals surface area contributed by atoms with E-state index in [1.807, 2.05) is 6.07 Å². The number of fused-ring (bicyclic) bond motifs is 2. The molecule has 0 amide bonds. The Bertz CT molecular complexity index is 1750. The molecular weight excluding hydrogens is 502 g/mol. The summed E-state index contributed by atoms with van der Waals surface area (Å²) in [7, 11) is 2.14. The number of benzene rings is 1. The first kappa shape index (κ1) is 25.9. The lowest BCUT2D eigenvalue weighted by atomic mass is 10.1. The highest BCUT2D eigenvalue weighted by atomic mass is 32.2. The number of aromatic amines is 1. The fourth-order valence-electron chi connectivity index (χ4n) is 4.68.